The molecule has 3 aromatic heterocycles. The first-order chi connectivity index (χ1) is 21.8. The van der Waals surface area contributed by atoms with E-state index in [2.05, 4.69) is 36.3 Å². The number of urea groups is 2. The van der Waals surface area contributed by atoms with Crippen LogP contribution < -0.4 is 36.3 Å². The van der Waals surface area contributed by atoms with E-state index in [9.17, 15) is 14.4 Å². The number of rotatable bonds is 11. The summed E-state index contributed by atoms with van der Waals surface area (Å²) >= 11 is 12.9. The molecule has 2 aromatic carbocycles. The first-order valence-corrected chi connectivity index (χ1v) is 14.2. The zero-order valence-electron chi connectivity index (χ0n) is 23.7. The van der Waals surface area contributed by atoms with Gasteiger partial charge in [-0.3, -0.25) is 20.5 Å². The molecule has 0 radical (unpaired) electrons. The van der Waals surface area contributed by atoms with E-state index in [0.29, 0.717) is 23.7 Å². The summed E-state index contributed by atoms with van der Waals surface area (Å²) in [6.45, 7) is 1.18. The van der Waals surface area contributed by atoms with E-state index in [1.54, 1.807) is 50.0 Å². The first-order valence-electron chi connectivity index (χ1n) is 13.5. The van der Waals surface area contributed by atoms with Crippen LogP contribution in [0.25, 0.3) is 5.69 Å². The Morgan fingerprint density at radius 3 is 2.51 bits per heavy atom. The van der Waals surface area contributed by atoms with Crippen LogP contribution in [-0.2, 0) is 6.54 Å². The van der Waals surface area contributed by atoms with E-state index in [4.69, 9.17) is 32.7 Å². The number of benzene rings is 2. The minimum absolute atomic E-state index is 0.0217. The molecule has 4 amide bonds. The average Bonchev–Trinajstić information content (AvgIpc) is 3.68. The second-order valence-electron chi connectivity index (χ2n) is 9.37. The summed E-state index contributed by atoms with van der Waals surface area (Å²) in [4.78, 5) is 45.3. The highest BCUT2D eigenvalue weighted by Gasteiger charge is 2.16. The molecule has 45 heavy (non-hydrogen) atoms. The SMILES string of the molecule is COc1ccc(-n2[nH]c(=O)cc2NC(=O)Nc2ccc(Oc3ccnc(NC(=O)NCCCn4ccnc4)c3)c(Cl)c2Cl)cc1. The van der Waals surface area contributed by atoms with E-state index in [-0.39, 0.29) is 33.1 Å². The molecule has 0 atom stereocenters. The summed E-state index contributed by atoms with van der Waals surface area (Å²) in [5, 5.41) is 13.3. The molecule has 14 nitrogen and oxygen atoms in total. The molecule has 0 saturated heterocycles. The molecule has 0 aliphatic carbocycles. The zero-order valence-corrected chi connectivity index (χ0v) is 25.2. The first kappa shape index (κ1) is 31.0. The maximum absolute atomic E-state index is 12.8. The molecule has 0 bridgehead atoms. The third-order valence-corrected chi connectivity index (χ3v) is 7.10. The van der Waals surface area contributed by atoms with Crippen molar-refractivity contribution in [3.63, 3.8) is 0 Å². The van der Waals surface area contributed by atoms with Gasteiger partial charge in [0.2, 0.25) is 0 Å². The van der Waals surface area contributed by atoms with Gasteiger partial charge in [0, 0.05) is 43.8 Å². The number of imidazole rings is 1. The van der Waals surface area contributed by atoms with Crippen molar-refractivity contribution in [1.82, 2.24) is 29.6 Å². The van der Waals surface area contributed by atoms with Gasteiger partial charge < -0.3 is 24.7 Å². The van der Waals surface area contributed by atoms with Gasteiger partial charge in [0.25, 0.3) is 5.56 Å². The number of anilines is 3. The van der Waals surface area contributed by atoms with E-state index in [1.165, 1.54) is 35.1 Å². The fourth-order valence-electron chi connectivity index (χ4n) is 4.11. The van der Waals surface area contributed by atoms with E-state index in [1.807, 2.05) is 10.8 Å². The van der Waals surface area contributed by atoms with E-state index in [0.717, 1.165) is 13.0 Å². The summed E-state index contributed by atoms with van der Waals surface area (Å²) < 4.78 is 14.4. The molecule has 0 saturated carbocycles. The molecule has 0 aliphatic rings. The number of nitrogens with zero attached hydrogens (tertiary/aromatic N) is 4. The lowest BCUT2D eigenvalue weighted by atomic mass is 10.3. The average molecular weight is 652 g/mol. The van der Waals surface area contributed by atoms with Crippen LogP contribution in [0.3, 0.4) is 0 Å². The van der Waals surface area contributed by atoms with Crippen LogP contribution >= 0.6 is 23.2 Å². The summed E-state index contributed by atoms with van der Waals surface area (Å²) in [6.07, 6.45) is 7.45. The Morgan fingerprint density at radius 1 is 0.933 bits per heavy atom. The van der Waals surface area contributed by atoms with Crippen molar-refractivity contribution in [3.8, 4) is 22.9 Å². The molecule has 16 heteroatoms. The van der Waals surface area contributed by atoms with Gasteiger partial charge in [0.1, 0.15) is 33.9 Å². The third kappa shape index (κ3) is 8.13. The predicted molar refractivity (Wildman–Crippen MR) is 170 cm³/mol. The van der Waals surface area contributed by atoms with Crippen molar-refractivity contribution in [2.75, 3.05) is 29.6 Å². The van der Waals surface area contributed by atoms with Crippen molar-refractivity contribution < 1.29 is 19.1 Å². The highest BCUT2D eigenvalue weighted by molar-refractivity contribution is 6.45. The number of hydrogen-bond donors (Lipinski definition) is 5. The van der Waals surface area contributed by atoms with Gasteiger partial charge in [0.15, 0.2) is 0 Å². The Bertz CT molecular complexity index is 1840. The van der Waals surface area contributed by atoms with Crippen molar-refractivity contribution in [2.24, 2.45) is 0 Å². The minimum Gasteiger partial charge on any atom is -0.497 e. The maximum Gasteiger partial charge on any atom is 0.324 e. The summed E-state index contributed by atoms with van der Waals surface area (Å²) in [6, 6.07) is 13.2. The lowest BCUT2D eigenvalue weighted by molar-refractivity contribution is 0.251. The lowest BCUT2D eigenvalue weighted by Crippen LogP contribution is -2.30. The van der Waals surface area contributed by atoms with Gasteiger partial charge in [-0.2, -0.15) is 0 Å². The van der Waals surface area contributed by atoms with Crippen LogP contribution in [0.5, 0.6) is 17.2 Å². The number of carbonyl (C=O) groups is 2. The van der Waals surface area contributed by atoms with Gasteiger partial charge in [0.05, 0.1) is 29.8 Å². The van der Waals surface area contributed by atoms with Crippen LogP contribution in [0.15, 0.2) is 84.3 Å². The number of carbonyl (C=O) groups excluding carboxylic acids is 2. The van der Waals surface area contributed by atoms with Gasteiger partial charge in [-0.1, -0.05) is 23.2 Å². The molecular formula is C29H27Cl2N9O5. The molecule has 0 spiro atoms. The number of pyridine rings is 1. The molecule has 5 N–H and O–H groups in total. The summed E-state index contributed by atoms with van der Waals surface area (Å²) in [5.74, 6) is 1.62. The van der Waals surface area contributed by atoms with Crippen molar-refractivity contribution >= 4 is 52.6 Å². The number of ether oxygens (including phenoxy) is 2. The molecule has 5 aromatic rings. The maximum atomic E-state index is 12.8. The fourth-order valence-corrected chi connectivity index (χ4v) is 4.52. The number of amides is 4. The number of hydrogen-bond acceptors (Lipinski definition) is 7. The Kier molecular flexibility index (Phi) is 9.87. The van der Waals surface area contributed by atoms with Crippen LogP contribution in [0.2, 0.25) is 10.0 Å². The van der Waals surface area contributed by atoms with E-state index < -0.39 is 17.6 Å². The highest BCUT2D eigenvalue weighted by Crippen LogP contribution is 2.39. The van der Waals surface area contributed by atoms with Gasteiger partial charge >= 0.3 is 12.1 Å². The van der Waals surface area contributed by atoms with Crippen molar-refractivity contribution in [1.29, 1.82) is 0 Å². The van der Waals surface area contributed by atoms with Crippen molar-refractivity contribution in [3.05, 3.63) is 99.9 Å². The van der Waals surface area contributed by atoms with Gasteiger partial charge in [-0.25, -0.2) is 24.2 Å². The summed E-state index contributed by atoms with van der Waals surface area (Å²) in [7, 11) is 1.55. The number of aromatic nitrogens is 5. The second-order valence-corrected chi connectivity index (χ2v) is 10.1. The minimum atomic E-state index is -0.673. The number of aromatic amines is 1. The number of aryl methyl sites for hydroxylation is 1. The third-order valence-electron chi connectivity index (χ3n) is 6.24. The highest BCUT2D eigenvalue weighted by atomic mass is 35.5. The molecule has 0 fully saturated rings. The number of H-pyrrole nitrogens is 1. The lowest BCUT2D eigenvalue weighted by Gasteiger charge is -2.14. The van der Waals surface area contributed by atoms with Gasteiger partial charge in [-0.05, 0) is 48.9 Å². The second kappa shape index (κ2) is 14.3. The standard InChI is InChI=1S/C29H27Cl2N9O5/c1-44-19-5-3-18(4-6-19)40-24(16-25(41)38-40)37-29(43)35-21-7-8-22(27(31)26(21)30)45-20-9-11-33-23(15-20)36-28(42)34-10-2-13-39-14-12-32-17-39/h3-9,11-12,14-17H,2,10,13H2,1H3,(H,38,41)(H2,35,37,43)(H2,33,34,36,42). The normalized spacial score (nSPS) is 10.6. The molecule has 3 heterocycles. The quantitative estimate of drug-likeness (QED) is 0.114. The monoisotopic (exact) mass is 651 g/mol. The Balaban J connectivity index is 1.18. The zero-order chi connectivity index (χ0) is 31.8. The predicted octanol–water partition coefficient (Wildman–Crippen LogP) is 5.72. The fraction of sp³-hybridized carbons (Fsp3) is 0.138. The Labute approximate surface area is 266 Å². The van der Waals surface area contributed by atoms with E-state index >= 15 is 0 Å². The smallest absolute Gasteiger partial charge is 0.324 e. The molecule has 232 valence electrons. The van der Waals surface area contributed by atoms with Crippen LogP contribution in [0.1, 0.15) is 6.42 Å². The molecule has 5 rings (SSSR count). The number of methoxy groups -OCH3 is 1. The number of halogens is 2. The number of nitrogens with one attached hydrogen (secondary N) is 5. The van der Waals surface area contributed by atoms with Crippen molar-refractivity contribution in [2.45, 2.75) is 13.0 Å². The summed E-state index contributed by atoms with van der Waals surface area (Å²) in [5.41, 5.74) is 0.370. The molecule has 0 unspecified atom stereocenters. The van der Waals surface area contributed by atoms with Crippen LogP contribution in [0, 0.1) is 0 Å². The van der Waals surface area contributed by atoms with Crippen LogP contribution in [-0.4, -0.2) is 50.0 Å². The Hall–Kier alpha value is -5.47. The van der Waals surface area contributed by atoms with Gasteiger partial charge in [-0.15, -0.1) is 0 Å². The Morgan fingerprint density at radius 2 is 1.76 bits per heavy atom. The topological polar surface area (TPSA) is 169 Å². The largest absolute Gasteiger partial charge is 0.497 e. The molecular weight excluding hydrogens is 625 g/mol. The molecule has 0 aliphatic heterocycles. The van der Waals surface area contributed by atoms with Crippen LogP contribution in [0.4, 0.5) is 26.9 Å².